The smallest absolute Gasteiger partial charge is 0.313 e. The van der Waals surface area contributed by atoms with Crippen LogP contribution in [0.5, 0.6) is 0 Å². The van der Waals surface area contributed by atoms with Crippen molar-refractivity contribution in [2.75, 3.05) is 7.11 Å². The normalized spacial score (nSPS) is 9.42. The molecule has 1 heterocycles. The SMILES string of the molecule is COC(=O)CC(=O)c1cncs1. The molecule has 0 saturated heterocycles. The van der Waals surface area contributed by atoms with Crippen LogP contribution in [0.4, 0.5) is 0 Å². The number of Topliss-reactive ketones (excluding diaryl/α,β-unsaturated/α-hetero) is 1. The van der Waals surface area contributed by atoms with E-state index in [2.05, 4.69) is 9.72 Å². The van der Waals surface area contributed by atoms with Gasteiger partial charge < -0.3 is 4.74 Å². The van der Waals surface area contributed by atoms with Gasteiger partial charge in [-0.25, -0.2) is 0 Å². The highest BCUT2D eigenvalue weighted by atomic mass is 32.1. The number of nitrogens with zero attached hydrogens (tertiary/aromatic N) is 1. The first-order valence-electron chi connectivity index (χ1n) is 3.22. The van der Waals surface area contributed by atoms with Crippen LogP contribution in [0.1, 0.15) is 16.1 Å². The van der Waals surface area contributed by atoms with E-state index in [0.29, 0.717) is 4.88 Å². The van der Waals surface area contributed by atoms with Crippen LogP contribution in [-0.2, 0) is 9.53 Å². The van der Waals surface area contributed by atoms with Gasteiger partial charge >= 0.3 is 5.97 Å². The molecule has 4 nitrogen and oxygen atoms in total. The first-order valence-corrected chi connectivity index (χ1v) is 4.10. The van der Waals surface area contributed by atoms with E-state index < -0.39 is 5.97 Å². The Balaban J connectivity index is 2.56. The molecule has 0 saturated carbocycles. The van der Waals surface area contributed by atoms with Crippen LogP contribution in [0.15, 0.2) is 11.7 Å². The van der Waals surface area contributed by atoms with Crippen LogP contribution in [0.3, 0.4) is 0 Å². The monoisotopic (exact) mass is 185 g/mol. The fraction of sp³-hybridized carbons (Fsp3) is 0.286. The maximum absolute atomic E-state index is 11.1. The summed E-state index contributed by atoms with van der Waals surface area (Å²) >= 11 is 1.22. The average molecular weight is 185 g/mol. The van der Waals surface area contributed by atoms with Crippen molar-refractivity contribution in [3.05, 3.63) is 16.6 Å². The second-order valence-corrected chi connectivity index (χ2v) is 2.93. The summed E-state index contributed by atoms with van der Waals surface area (Å²) in [5, 5.41) is 0. The zero-order valence-corrected chi connectivity index (χ0v) is 7.26. The molecule has 0 amide bonds. The van der Waals surface area contributed by atoms with Crippen molar-refractivity contribution < 1.29 is 14.3 Å². The zero-order chi connectivity index (χ0) is 8.97. The summed E-state index contributed by atoms with van der Waals surface area (Å²) in [5.41, 5.74) is 1.55. The lowest BCUT2D eigenvalue weighted by molar-refractivity contribution is -0.139. The summed E-state index contributed by atoms with van der Waals surface area (Å²) in [7, 11) is 1.25. The van der Waals surface area contributed by atoms with Crippen molar-refractivity contribution in [1.82, 2.24) is 4.98 Å². The lowest BCUT2D eigenvalue weighted by Gasteiger charge is -1.94. The van der Waals surface area contributed by atoms with Crippen LogP contribution < -0.4 is 0 Å². The Morgan fingerprint density at radius 2 is 2.42 bits per heavy atom. The summed E-state index contributed by atoms with van der Waals surface area (Å²) in [6.45, 7) is 0. The largest absolute Gasteiger partial charge is 0.469 e. The van der Waals surface area contributed by atoms with Crippen LogP contribution in [-0.4, -0.2) is 23.8 Å². The lowest BCUT2D eigenvalue weighted by Crippen LogP contribution is -2.08. The predicted molar refractivity (Wildman–Crippen MR) is 43.1 cm³/mol. The van der Waals surface area contributed by atoms with Crippen LogP contribution >= 0.6 is 11.3 Å². The number of hydrogen-bond acceptors (Lipinski definition) is 5. The van der Waals surface area contributed by atoms with E-state index in [9.17, 15) is 9.59 Å². The third kappa shape index (κ3) is 2.13. The van der Waals surface area contributed by atoms with Gasteiger partial charge in [-0.05, 0) is 0 Å². The van der Waals surface area contributed by atoms with E-state index in [1.165, 1.54) is 24.6 Å². The number of methoxy groups -OCH3 is 1. The molecule has 0 fully saturated rings. The van der Waals surface area contributed by atoms with E-state index in [4.69, 9.17) is 0 Å². The Labute approximate surface area is 73.2 Å². The molecule has 0 aliphatic rings. The van der Waals surface area contributed by atoms with Gasteiger partial charge in [0, 0.05) is 6.20 Å². The lowest BCUT2D eigenvalue weighted by atomic mass is 10.2. The highest BCUT2D eigenvalue weighted by Crippen LogP contribution is 2.08. The zero-order valence-electron chi connectivity index (χ0n) is 6.44. The number of rotatable bonds is 3. The second-order valence-electron chi connectivity index (χ2n) is 2.04. The molecule has 0 aliphatic carbocycles. The molecule has 0 radical (unpaired) electrons. The molecule has 0 N–H and O–H groups in total. The first-order chi connectivity index (χ1) is 5.74. The maximum atomic E-state index is 11.1. The molecule has 1 aromatic heterocycles. The molecule has 64 valence electrons. The van der Waals surface area contributed by atoms with Crippen LogP contribution in [0.2, 0.25) is 0 Å². The van der Waals surface area contributed by atoms with Crippen molar-refractivity contribution in [2.24, 2.45) is 0 Å². The molecule has 0 aromatic carbocycles. The Morgan fingerprint density at radius 3 is 2.92 bits per heavy atom. The minimum Gasteiger partial charge on any atom is -0.469 e. The molecule has 0 spiro atoms. The molecule has 0 aliphatic heterocycles. The van der Waals surface area contributed by atoms with Gasteiger partial charge in [-0.2, -0.15) is 0 Å². The standard InChI is InChI=1S/C7H7NO3S/c1-11-7(10)2-5(9)6-3-8-4-12-6/h3-4H,2H2,1H3. The van der Waals surface area contributed by atoms with Gasteiger partial charge in [-0.1, -0.05) is 0 Å². The highest BCUT2D eigenvalue weighted by Gasteiger charge is 2.12. The van der Waals surface area contributed by atoms with Crippen LogP contribution in [0.25, 0.3) is 0 Å². The van der Waals surface area contributed by atoms with Crippen molar-refractivity contribution in [3.63, 3.8) is 0 Å². The molecular weight excluding hydrogens is 178 g/mol. The summed E-state index contributed by atoms with van der Waals surface area (Å²) in [6.07, 6.45) is 1.23. The minimum atomic E-state index is -0.520. The Bertz CT molecular complexity index is 281. The van der Waals surface area contributed by atoms with E-state index in [0.717, 1.165) is 0 Å². The van der Waals surface area contributed by atoms with Crippen molar-refractivity contribution in [2.45, 2.75) is 6.42 Å². The number of thiazole rings is 1. The Morgan fingerprint density at radius 1 is 1.67 bits per heavy atom. The quantitative estimate of drug-likeness (QED) is 0.398. The number of ketones is 1. The third-order valence-electron chi connectivity index (χ3n) is 1.24. The van der Waals surface area contributed by atoms with E-state index in [-0.39, 0.29) is 12.2 Å². The van der Waals surface area contributed by atoms with E-state index in [1.807, 2.05) is 0 Å². The number of aromatic nitrogens is 1. The van der Waals surface area contributed by atoms with Gasteiger partial charge in [-0.3, -0.25) is 14.6 Å². The summed E-state index contributed by atoms with van der Waals surface area (Å²) in [5.74, 6) is -0.766. The summed E-state index contributed by atoms with van der Waals surface area (Å²) in [6, 6.07) is 0. The average Bonchev–Trinajstić information content (AvgIpc) is 2.56. The number of carbonyl (C=O) groups excluding carboxylic acids is 2. The molecule has 5 heteroatoms. The summed E-state index contributed by atoms with van der Waals surface area (Å²) < 4.78 is 4.34. The van der Waals surface area contributed by atoms with Crippen LogP contribution in [0, 0.1) is 0 Å². The van der Waals surface area contributed by atoms with Gasteiger partial charge in [0.15, 0.2) is 5.78 Å². The predicted octanol–water partition coefficient (Wildman–Crippen LogP) is 0.889. The maximum Gasteiger partial charge on any atom is 0.313 e. The van der Waals surface area contributed by atoms with Gasteiger partial charge in [-0.15, -0.1) is 11.3 Å². The fourth-order valence-corrected chi connectivity index (χ4v) is 1.20. The topological polar surface area (TPSA) is 56.3 Å². The fourth-order valence-electron chi connectivity index (χ4n) is 0.644. The van der Waals surface area contributed by atoms with E-state index >= 15 is 0 Å². The molecule has 12 heavy (non-hydrogen) atoms. The Hall–Kier alpha value is -1.23. The number of carbonyl (C=O) groups is 2. The summed E-state index contributed by atoms with van der Waals surface area (Å²) in [4.78, 5) is 26.0. The third-order valence-corrected chi connectivity index (χ3v) is 2.05. The van der Waals surface area contributed by atoms with Crippen molar-refractivity contribution in [3.8, 4) is 0 Å². The number of esters is 1. The highest BCUT2D eigenvalue weighted by molar-refractivity contribution is 7.11. The second kappa shape index (κ2) is 3.96. The molecule has 0 bridgehead atoms. The van der Waals surface area contributed by atoms with Gasteiger partial charge in [0.05, 0.1) is 17.5 Å². The molecular formula is C7H7NO3S. The molecule has 1 rings (SSSR count). The van der Waals surface area contributed by atoms with Crippen molar-refractivity contribution in [1.29, 1.82) is 0 Å². The molecule has 0 atom stereocenters. The number of hydrogen-bond donors (Lipinski definition) is 0. The first kappa shape index (κ1) is 8.86. The van der Waals surface area contributed by atoms with Gasteiger partial charge in [0.25, 0.3) is 0 Å². The minimum absolute atomic E-state index is 0.210. The van der Waals surface area contributed by atoms with Gasteiger partial charge in [0.1, 0.15) is 6.42 Å². The van der Waals surface area contributed by atoms with Crippen molar-refractivity contribution >= 4 is 23.1 Å². The van der Waals surface area contributed by atoms with Gasteiger partial charge in [0.2, 0.25) is 0 Å². The number of ether oxygens (including phenoxy) is 1. The van der Waals surface area contributed by atoms with E-state index in [1.54, 1.807) is 5.51 Å². The molecule has 1 aromatic rings. The Kier molecular flexibility index (Phi) is 2.93. The molecule has 0 unspecified atom stereocenters.